The fourth-order valence-electron chi connectivity index (χ4n) is 2.45. The van der Waals surface area contributed by atoms with Crippen LogP contribution in [0.3, 0.4) is 0 Å². The summed E-state index contributed by atoms with van der Waals surface area (Å²) in [6.45, 7) is 1.32. The summed E-state index contributed by atoms with van der Waals surface area (Å²) in [5.41, 5.74) is 5.30. The molecule has 0 radical (unpaired) electrons. The van der Waals surface area contributed by atoms with Crippen molar-refractivity contribution in [3.8, 4) is 0 Å². The van der Waals surface area contributed by atoms with E-state index in [4.69, 9.17) is 10.5 Å². The highest BCUT2D eigenvalue weighted by Gasteiger charge is 2.31. The van der Waals surface area contributed by atoms with Gasteiger partial charge in [0.25, 0.3) is 0 Å². The van der Waals surface area contributed by atoms with E-state index >= 15 is 0 Å². The first-order chi connectivity index (χ1) is 11.4. The summed E-state index contributed by atoms with van der Waals surface area (Å²) >= 11 is 0. The SMILES string of the molecule is NC(=NCc1nnc2ccc(C(F)(F)F)cn12)NCC1CCCO1. The normalized spacial score (nSPS) is 19.1. The first-order valence-electron chi connectivity index (χ1n) is 7.50. The zero-order valence-corrected chi connectivity index (χ0v) is 12.8. The minimum Gasteiger partial charge on any atom is -0.376 e. The van der Waals surface area contributed by atoms with E-state index in [9.17, 15) is 13.2 Å². The number of pyridine rings is 1. The molecule has 3 N–H and O–H groups in total. The second-order valence-corrected chi connectivity index (χ2v) is 5.48. The van der Waals surface area contributed by atoms with Gasteiger partial charge in [-0.2, -0.15) is 13.2 Å². The average molecular weight is 342 g/mol. The molecule has 0 amide bonds. The zero-order chi connectivity index (χ0) is 17.2. The van der Waals surface area contributed by atoms with E-state index in [0.29, 0.717) is 12.2 Å². The lowest BCUT2D eigenvalue weighted by Crippen LogP contribution is -2.37. The Hall–Kier alpha value is -2.36. The number of rotatable bonds is 4. The molecule has 2 aromatic rings. The molecular formula is C14H17F3N6O. The third kappa shape index (κ3) is 3.75. The molecule has 0 spiro atoms. The van der Waals surface area contributed by atoms with Gasteiger partial charge in [0, 0.05) is 19.3 Å². The van der Waals surface area contributed by atoms with Gasteiger partial charge in [0.15, 0.2) is 17.4 Å². The molecule has 24 heavy (non-hydrogen) atoms. The fourth-order valence-corrected chi connectivity index (χ4v) is 2.45. The molecule has 3 heterocycles. The van der Waals surface area contributed by atoms with Gasteiger partial charge in [0.05, 0.1) is 11.7 Å². The van der Waals surface area contributed by atoms with Crippen molar-refractivity contribution in [2.75, 3.05) is 13.2 Å². The summed E-state index contributed by atoms with van der Waals surface area (Å²) in [7, 11) is 0. The van der Waals surface area contributed by atoms with Crippen molar-refractivity contribution in [1.29, 1.82) is 0 Å². The van der Waals surface area contributed by atoms with Crippen molar-refractivity contribution in [3.05, 3.63) is 29.7 Å². The fraction of sp³-hybridized carbons (Fsp3) is 0.500. The molecule has 0 bridgehead atoms. The van der Waals surface area contributed by atoms with E-state index in [1.54, 1.807) is 0 Å². The van der Waals surface area contributed by atoms with Gasteiger partial charge >= 0.3 is 6.18 Å². The van der Waals surface area contributed by atoms with E-state index in [-0.39, 0.29) is 24.4 Å². The third-order valence-electron chi connectivity index (χ3n) is 3.73. The van der Waals surface area contributed by atoms with Crippen LogP contribution in [-0.2, 0) is 17.5 Å². The number of halogens is 3. The Morgan fingerprint density at radius 2 is 2.25 bits per heavy atom. The van der Waals surface area contributed by atoms with E-state index < -0.39 is 11.7 Å². The number of hydrogen-bond acceptors (Lipinski definition) is 4. The van der Waals surface area contributed by atoms with Crippen molar-refractivity contribution in [3.63, 3.8) is 0 Å². The van der Waals surface area contributed by atoms with Crippen LogP contribution in [0.4, 0.5) is 13.2 Å². The van der Waals surface area contributed by atoms with Gasteiger partial charge < -0.3 is 15.8 Å². The number of nitrogens with two attached hydrogens (primary N) is 1. The molecule has 2 aromatic heterocycles. The van der Waals surface area contributed by atoms with E-state index in [1.165, 1.54) is 10.5 Å². The molecule has 0 aliphatic carbocycles. The van der Waals surface area contributed by atoms with Gasteiger partial charge in [-0.1, -0.05) is 0 Å². The molecule has 0 saturated carbocycles. The lowest BCUT2D eigenvalue weighted by atomic mass is 10.2. The van der Waals surface area contributed by atoms with Crippen LogP contribution in [0.25, 0.3) is 5.65 Å². The van der Waals surface area contributed by atoms with E-state index in [0.717, 1.165) is 31.7 Å². The minimum absolute atomic E-state index is 0.0207. The van der Waals surface area contributed by atoms with Crippen LogP contribution in [0, 0.1) is 0 Å². The number of fused-ring (bicyclic) bond motifs is 1. The molecule has 1 unspecified atom stereocenters. The monoisotopic (exact) mass is 342 g/mol. The molecule has 0 aromatic carbocycles. The number of nitrogens with zero attached hydrogens (tertiary/aromatic N) is 4. The maximum atomic E-state index is 12.8. The quantitative estimate of drug-likeness (QED) is 0.646. The zero-order valence-electron chi connectivity index (χ0n) is 12.8. The van der Waals surface area contributed by atoms with Crippen molar-refractivity contribution >= 4 is 11.6 Å². The van der Waals surface area contributed by atoms with Crippen molar-refractivity contribution in [1.82, 2.24) is 19.9 Å². The number of ether oxygens (including phenoxy) is 1. The lowest BCUT2D eigenvalue weighted by molar-refractivity contribution is -0.137. The highest BCUT2D eigenvalue weighted by Crippen LogP contribution is 2.29. The largest absolute Gasteiger partial charge is 0.417 e. The molecule has 3 rings (SSSR count). The molecule has 1 aliphatic heterocycles. The Labute approximate surface area is 135 Å². The van der Waals surface area contributed by atoms with Gasteiger partial charge in [-0.15, -0.1) is 10.2 Å². The number of aliphatic imine (C=N–C) groups is 1. The Kier molecular flexibility index (Phi) is 4.56. The number of nitrogens with one attached hydrogen (secondary N) is 1. The van der Waals surface area contributed by atoms with Crippen molar-refractivity contribution in [2.24, 2.45) is 10.7 Å². The molecule has 1 aliphatic rings. The highest BCUT2D eigenvalue weighted by molar-refractivity contribution is 5.77. The van der Waals surface area contributed by atoms with Crippen LogP contribution in [-0.4, -0.2) is 39.8 Å². The van der Waals surface area contributed by atoms with Crippen LogP contribution in [0.1, 0.15) is 24.2 Å². The Morgan fingerprint density at radius 1 is 1.42 bits per heavy atom. The maximum absolute atomic E-state index is 12.8. The number of hydrogen-bond donors (Lipinski definition) is 2. The van der Waals surface area contributed by atoms with Crippen LogP contribution < -0.4 is 11.1 Å². The van der Waals surface area contributed by atoms with Crippen molar-refractivity contribution < 1.29 is 17.9 Å². The Morgan fingerprint density at radius 3 is 2.96 bits per heavy atom. The summed E-state index contributed by atoms with van der Waals surface area (Å²) in [5, 5.41) is 10.6. The first-order valence-corrected chi connectivity index (χ1v) is 7.50. The second-order valence-electron chi connectivity index (χ2n) is 5.48. The Balaban J connectivity index is 1.68. The number of guanidine groups is 1. The number of aromatic nitrogens is 3. The Bertz CT molecular complexity index is 736. The van der Waals surface area contributed by atoms with Gasteiger partial charge in [0.2, 0.25) is 0 Å². The van der Waals surface area contributed by atoms with Crippen LogP contribution >= 0.6 is 0 Å². The van der Waals surface area contributed by atoms with Crippen LogP contribution in [0.2, 0.25) is 0 Å². The first kappa shape index (κ1) is 16.5. The van der Waals surface area contributed by atoms with Crippen molar-refractivity contribution in [2.45, 2.75) is 31.7 Å². The summed E-state index contributed by atoms with van der Waals surface area (Å²) in [4.78, 5) is 4.09. The second kappa shape index (κ2) is 6.63. The van der Waals surface area contributed by atoms with Crippen LogP contribution in [0.15, 0.2) is 23.3 Å². The molecule has 130 valence electrons. The molecule has 1 atom stereocenters. The van der Waals surface area contributed by atoms with E-state index in [2.05, 4.69) is 20.5 Å². The summed E-state index contributed by atoms with van der Waals surface area (Å²) < 4.78 is 45.1. The predicted molar refractivity (Wildman–Crippen MR) is 80.3 cm³/mol. The predicted octanol–water partition coefficient (Wildman–Crippen LogP) is 1.33. The molecule has 1 fully saturated rings. The summed E-state index contributed by atoms with van der Waals surface area (Å²) in [6.07, 6.45) is -1.37. The highest BCUT2D eigenvalue weighted by atomic mass is 19.4. The lowest BCUT2D eigenvalue weighted by Gasteiger charge is -2.11. The van der Waals surface area contributed by atoms with Gasteiger partial charge in [0.1, 0.15) is 6.54 Å². The topological polar surface area (TPSA) is 89.8 Å². The minimum atomic E-state index is -4.43. The van der Waals surface area contributed by atoms with Gasteiger partial charge in [-0.3, -0.25) is 4.40 Å². The number of alkyl halides is 3. The standard InChI is InChI=1S/C14H17F3N6O/c15-14(16,17)9-3-4-11-21-22-12(23(11)8-9)7-20-13(18)19-6-10-2-1-5-24-10/h3-4,8,10H,1-2,5-7H2,(H3,18,19,20). The molecule has 10 heteroatoms. The average Bonchev–Trinajstić information content (AvgIpc) is 3.19. The van der Waals surface area contributed by atoms with Gasteiger partial charge in [-0.05, 0) is 25.0 Å². The molecular weight excluding hydrogens is 325 g/mol. The van der Waals surface area contributed by atoms with Crippen LogP contribution in [0.5, 0.6) is 0 Å². The summed E-state index contributed by atoms with van der Waals surface area (Å²) in [5.74, 6) is 0.465. The summed E-state index contributed by atoms with van der Waals surface area (Å²) in [6, 6.07) is 2.23. The maximum Gasteiger partial charge on any atom is 0.417 e. The molecule has 1 saturated heterocycles. The third-order valence-corrected chi connectivity index (χ3v) is 3.73. The molecule has 7 nitrogen and oxygen atoms in total. The van der Waals surface area contributed by atoms with Gasteiger partial charge in [-0.25, -0.2) is 4.99 Å². The smallest absolute Gasteiger partial charge is 0.376 e. The van der Waals surface area contributed by atoms with E-state index in [1.807, 2.05) is 0 Å².